The van der Waals surface area contributed by atoms with E-state index in [4.69, 9.17) is 0 Å². The van der Waals surface area contributed by atoms with Gasteiger partial charge in [-0.15, -0.1) is 16.6 Å². The van der Waals surface area contributed by atoms with Gasteiger partial charge >= 0.3 is 0 Å². The molecule has 0 bridgehead atoms. The lowest BCUT2D eigenvalue weighted by atomic mass is 10.3. The largest absolute Gasteiger partial charge is 0.498 e. The van der Waals surface area contributed by atoms with E-state index in [-0.39, 0.29) is 0 Å². The van der Waals surface area contributed by atoms with Crippen LogP contribution in [0.4, 0.5) is 0 Å². The zero-order chi connectivity index (χ0) is 15.1. The molecule has 1 aromatic heterocycles. The fourth-order valence-electron chi connectivity index (χ4n) is 4.29. The van der Waals surface area contributed by atoms with Crippen LogP contribution < -0.4 is 0 Å². The minimum absolute atomic E-state index is 0.713. The van der Waals surface area contributed by atoms with Crippen molar-refractivity contribution in [2.24, 2.45) is 0 Å². The molecule has 0 saturated carbocycles. The fraction of sp³-hybridized carbons (Fsp3) is 0.529. The molecule has 0 radical (unpaired) electrons. The second-order valence-electron chi connectivity index (χ2n) is 6.72. The number of fused-ring (bicyclic) bond motifs is 1. The van der Waals surface area contributed by atoms with Crippen molar-refractivity contribution in [1.29, 1.82) is 0 Å². The van der Waals surface area contributed by atoms with Crippen LogP contribution >= 0.6 is 15.9 Å². The first-order chi connectivity index (χ1) is 9.33. The maximum atomic E-state index is 3.76. The lowest BCUT2D eigenvalue weighted by molar-refractivity contribution is 0.772. The van der Waals surface area contributed by atoms with Gasteiger partial charge in [-0.25, -0.2) is 0 Å². The van der Waals surface area contributed by atoms with Crippen molar-refractivity contribution in [2.45, 2.75) is 58.2 Å². The normalized spacial score (nSPS) is 13.1. The Kier molecular flexibility index (Phi) is 4.50. The molecule has 2 aromatic rings. The van der Waals surface area contributed by atoms with Gasteiger partial charge in [0.25, 0.3) is 0 Å². The Balaban J connectivity index is 2.82. The first-order valence-electron chi connectivity index (χ1n) is 7.59. The molecule has 0 N–H and O–H groups in total. The van der Waals surface area contributed by atoms with Crippen LogP contribution in [0.15, 0.2) is 34.9 Å². The Morgan fingerprint density at radius 2 is 1.40 bits per heavy atom. The maximum Gasteiger partial charge on any atom is 0.0396 e. The van der Waals surface area contributed by atoms with E-state index < -0.39 is 8.24 Å². The van der Waals surface area contributed by atoms with Gasteiger partial charge in [-0.05, 0) is 36.4 Å². The molecule has 111 valence electrons. The zero-order valence-corrected chi connectivity index (χ0v) is 16.0. The topological polar surface area (TPSA) is 4.93 Å². The summed E-state index contributed by atoms with van der Waals surface area (Å²) in [5.74, 6) is 0. The van der Waals surface area contributed by atoms with Crippen molar-refractivity contribution in [2.75, 3.05) is 0 Å². The van der Waals surface area contributed by atoms with E-state index in [0.717, 1.165) is 0 Å². The van der Waals surface area contributed by atoms with Crippen LogP contribution in [0.5, 0.6) is 0 Å². The summed E-state index contributed by atoms with van der Waals surface area (Å²) in [6.45, 7) is 14.5. The van der Waals surface area contributed by atoms with Gasteiger partial charge in [-0.2, -0.15) is 0 Å². The molecule has 0 fully saturated rings. The fourth-order valence-corrected chi connectivity index (χ4v) is 11.7. The van der Waals surface area contributed by atoms with Crippen LogP contribution in [0.25, 0.3) is 10.9 Å². The van der Waals surface area contributed by atoms with Crippen LogP contribution in [0.1, 0.15) is 41.5 Å². The Morgan fingerprint density at radius 1 is 0.900 bits per heavy atom. The molecule has 0 aliphatic heterocycles. The summed E-state index contributed by atoms with van der Waals surface area (Å²) in [6, 6.07) is 8.78. The van der Waals surface area contributed by atoms with Crippen LogP contribution in [-0.2, 0) is 0 Å². The highest BCUT2D eigenvalue weighted by Gasteiger charge is 2.33. The van der Waals surface area contributed by atoms with E-state index in [1.54, 1.807) is 0 Å². The quantitative estimate of drug-likeness (QED) is 0.559. The molecule has 1 aromatic carbocycles. The molecule has 0 saturated heterocycles. The summed E-state index contributed by atoms with van der Waals surface area (Å²) >= 11 is 3.76. The van der Waals surface area contributed by atoms with Crippen LogP contribution in [-0.4, -0.2) is 12.5 Å². The predicted molar refractivity (Wildman–Crippen MR) is 96.1 cm³/mol. The first-order valence-corrected chi connectivity index (χ1v) is 10.6. The average Bonchev–Trinajstić information content (AvgIpc) is 2.67. The minimum atomic E-state index is -1.66. The molecule has 1 nitrogen and oxygen atoms in total. The van der Waals surface area contributed by atoms with Crippen molar-refractivity contribution >= 4 is 35.1 Å². The summed E-state index contributed by atoms with van der Waals surface area (Å²) in [6.07, 6.45) is 2.34. The molecule has 0 atom stereocenters. The van der Waals surface area contributed by atoms with Gasteiger partial charge in [0, 0.05) is 15.4 Å². The second kappa shape index (κ2) is 5.68. The Bertz CT molecular complexity index is 576. The van der Waals surface area contributed by atoms with E-state index in [2.05, 4.69) is 92.2 Å². The first kappa shape index (κ1) is 15.8. The number of hydrogen-bond donors (Lipinski definition) is 0. The molecule has 0 aliphatic carbocycles. The van der Waals surface area contributed by atoms with Gasteiger partial charge in [-0.1, -0.05) is 59.7 Å². The molecular weight excluding hydrogens is 326 g/mol. The molecular formula is C17H26BrNSi-. The lowest BCUT2D eigenvalue weighted by Crippen LogP contribution is -2.51. The van der Waals surface area contributed by atoms with Gasteiger partial charge in [0.15, 0.2) is 0 Å². The van der Waals surface area contributed by atoms with Gasteiger partial charge in [0.2, 0.25) is 0 Å². The van der Waals surface area contributed by atoms with E-state index in [9.17, 15) is 0 Å². The second-order valence-corrected chi connectivity index (χ2v) is 13.3. The van der Waals surface area contributed by atoms with Crippen LogP contribution in [0, 0.1) is 0 Å². The Hall–Kier alpha value is -0.543. The van der Waals surface area contributed by atoms with Gasteiger partial charge in [0.1, 0.15) is 0 Å². The number of para-hydroxylation sites is 1. The number of nitrogens with zero attached hydrogens (tertiary/aromatic N) is 1. The third-order valence-electron chi connectivity index (χ3n) is 4.86. The van der Waals surface area contributed by atoms with Crippen molar-refractivity contribution < 1.29 is 0 Å². The van der Waals surface area contributed by atoms with E-state index in [0.29, 0.717) is 16.6 Å². The van der Waals surface area contributed by atoms with Gasteiger partial charge in [-0.3, -0.25) is 0 Å². The van der Waals surface area contributed by atoms with Crippen molar-refractivity contribution in [3.63, 3.8) is 0 Å². The summed E-state index contributed by atoms with van der Waals surface area (Å²) in [7, 11) is -1.66. The number of hydrogen-bond acceptors (Lipinski definition) is 0. The monoisotopic (exact) mass is 351 g/mol. The summed E-state index contributed by atoms with van der Waals surface area (Å²) < 4.78 is 3.89. The average molecular weight is 352 g/mol. The van der Waals surface area contributed by atoms with E-state index in [1.165, 1.54) is 15.4 Å². The Morgan fingerprint density at radius 3 is 1.90 bits per heavy atom. The minimum Gasteiger partial charge on any atom is -0.498 e. The third-order valence-corrected chi connectivity index (χ3v) is 12.2. The third kappa shape index (κ3) is 2.19. The zero-order valence-electron chi connectivity index (χ0n) is 13.4. The Labute approximate surface area is 132 Å². The predicted octanol–water partition coefficient (Wildman–Crippen LogP) is 6.43. The highest BCUT2D eigenvalue weighted by atomic mass is 79.9. The standard InChI is InChI=1S/C17H26BrNSi/c1-12(2)20(13(3)4,14(5)6)19-11-16(18)15-9-7-8-10-17(15)19/h7-14H,1-6H3/q-1. The highest BCUT2D eigenvalue weighted by molar-refractivity contribution is 9.10. The SMILES string of the molecule is CC(C)[Si-](C(C)C)(C(C)C)n1cc(Br)c2ccccc21. The number of benzene rings is 1. The molecule has 2 rings (SSSR count). The summed E-state index contributed by atoms with van der Waals surface area (Å²) in [5.41, 5.74) is 3.53. The van der Waals surface area contributed by atoms with Gasteiger partial charge < -0.3 is 4.23 Å². The van der Waals surface area contributed by atoms with E-state index in [1.807, 2.05) is 0 Å². The van der Waals surface area contributed by atoms with Crippen molar-refractivity contribution in [1.82, 2.24) is 4.23 Å². The molecule has 20 heavy (non-hydrogen) atoms. The number of aromatic nitrogens is 1. The summed E-state index contributed by atoms with van der Waals surface area (Å²) in [4.78, 5) is 0. The van der Waals surface area contributed by atoms with Crippen molar-refractivity contribution in [3.8, 4) is 0 Å². The molecule has 0 spiro atoms. The maximum absolute atomic E-state index is 3.76. The highest BCUT2D eigenvalue weighted by Crippen LogP contribution is 2.45. The number of halogens is 1. The smallest absolute Gasteiger partial charge is 0.0396 e. The van der Waals surface area contributed by atoms with Crippen LogP contribution in [0.3, 0.4) is 0 Å². The van der Waals surface area contributed by atoms with E-state index >= 15 is 0 Å². The molecule has 0 amide bonds. The molecule has 0 aliphatic rings. The molecule has 1 heterocycles. The molecule has 3 heteroatoms. The van der Waals surface area contributed by atoms with Crippen LogP contribution in [0.2, 0.25) is 16.6 Å². The number of rotatable bonds is 4. The van der Waals surface area contributed by atoms with Crippen molar-refractivity contribution in [3.05, 3.63) is 34.9 Å². The molecule has 0 unspecified atom stereocenters. The van der Waals surface area contributed by atoms with Gasteiger partial charge in [0.05, 0.1) is 0 Å². The lowest BCUT2D eigenvalue weighted by Gasteiger charge is -2.56. The summed E-state index contributed by atoms with van der Waals surface area (Å²) in [5, 5.41) is 1.34.